The lowest BCUT2D eigenvalue weighted by atomic mass is 10.1. The minimum atomic E-state index is 0.363. The second-order valence-electron chi connectivity index (χ2n) is 4.20. The average molecular weight is 300 g/mol. The fourth-order valence-electron chi connectivity index (χ4n) is 1.59. The van der Waals surface area contributed by atoms with Crippen molar-refractivity contribution >= 4 is 15.9 Å². The molecule has 2 nitrogen and oxygen atoms in total. The van der Waals surface area contributed by atoms with Gasteiger partial charge in [-0.2, -0.15) is 0 Å². The van der Waals surface area contributed by atoms with Crippen molar-refractivity contribution in [3.63, 3.8) is 0 Å². The third-order valence-corrected chi connectivity index (χ3v) is 3.18. The third kappa shape index (κ3) is 6.20. The summed E-state index contributed by atoms with van der Waals surface area (Å²) >= 11 is 3.49. The summed E-state index contributed by atoms with van der Waals surface area (Å²) < 4.78 is 6.64. The zero-order chi connectivity index (χ0) is 12.5. The number of benzene rings is 1. The van der Waals surface area contributed by atoms with Crippen molar-refractivity contribution in [1.82, 2.24) is 5.32 Å². The van der Waals surface area contributed by atoms with Crippen LogP contribution in [0.4, 0.5) is 0 Å². The largest absolute Gasteiger partial charge is 0.380 e. The summed E-state index contributed by atoms with van der Waals surface area (Å²) in [4.78, 5) is 0. The van der Waals surface area contributed by atoms with Crippen LogP contribution in [0.15, 0.2) is 28.7 Å². The Morgan fingerprint density at radius 2 is 2.18 bits per heavy atom. The molecule has 0 spiro atoms. The first-order valence-electron chi connectivity index (χ1n) is 6.30. The SMILES string of the molecule is CCCCOCCN[C@H](C)c1cccc(Br)c1. The average Bonchev–Trinajstić information content (AvgIpc) is 2.33. The molecule has 1 aromatic carbocycles. The van der Waals surface area contributed by atoms with Crippen LogP contribution in [0.5, 0.6) is 0 Å². The van der Waals surface area contributed by atoms with Crippen molar-refractivity contribution in [3.8, 4) is 0 Å². The molecule has 1 rings (SSSR count). The molecule has 17 heavy (non-hydrogen) atoms. The zero-order valence-corrected chi connectivity index (χ0v) is 12.3. The van der Waals surface area contributed by atoms with E-state index in [1.165, 1.54) is 12.0 Å². The molecule has 0 unspecified atom stereocenters. The van der Waals surface area contributed by atoms with Crippen LogP contribution in [-0.2, 0) is 4.74 Å². The minimum absolute atomic E-state index is 0.363. The van der Waals surface area contributed by atoms with Gasteiger partial charge in [0.05, 0.1) is 6.61 Å². The topological polar surface area (TPSA) is 21.3 Å². The number of ether oxygens (including phenoxy) is 1. The van der Waals surface area contributed by atoms with Crippen molar-refractivity contribution in [1.29, 1.82) is 0 Å². The van der Waals surface area contributed by atoms with Crippen LogP contribution in [0.2, 0.25) is 0 Å². The predicted octanol–water partition coefficient (Wildman–Crippen LogP) is 3.92. The van der Waals surface area contributed by atoms with Crippen molar-refractivity contribution in [2.75, 3.05) is 19.8 Å². The predicted molar refractivity (Wildman–Crippen MR) is 76.3 cm³/mol. The third-order valence-electron chi connectivity index (χ3n) is 2.69. The molecule has 0 saturated heterocycles. The van der Waals surface area contributed by atoms with E-state index in [1.54, 1.807) is 0 Å². The standard InChI is InChI=1S/C14H22BrNO/c1-3-4-9-17-10-8-16-12(2)13-6-5-7-14(15)11-13/h5-7,11-12,16H,3-4,8-10H2,1-2H3/t12-/m1/s1. The number of rotatable bonds is 8. The van der Waals surface area contributed by atoms with Crippen LogP contribution < -0.4 is 5.32 Å². The summed E-state index contributed by atoms with van der Waals surface area (Å²) in [5, 5.41) is 3.46. The molecule has 1 atom stereocenters. The molecule has 0 fully saturated rings. The van der Waals surface area contributed by atoms with Gasteiger partial charge in [0.25, 0.3) is 0 Å². The van der Waals surface area contributed by atoms with Crippen LogP contribution >= 0.6 is 15.9 Å². The van der Waals surface area contributed by atoms with Gasteiger partial charge in [0.15, 0.2) is 0 Å². The maximum absolute atomic E-state index is 5.51. The van der Waals surface area contributed by atoms with Gasteiger partial charge in [-0.25, -0.2) is 0 Å². The van der Waals surface area contributed by atoms with E-state index in [9.17, 15) is 0 Å². The highest BCUT2D eigenvalue weighted by atomic mass is 79.9. The number of hydrogen-bond donors (Lipinski definition) is 1. The summed E-state index contributed by atoms with van der Waals surface area (Å²) in [6.07, 6.45) is 2.35. The second kappa shape index (κ2) is 8.67. The van der Waals surface area contributed by atoms with Crippen molar-refractivity contribution in [3.05, 3.63) is 34.3 Å². The lowest BCUT2D eigenvalue weighted by Crippen LogP contribution is -2.23. The summed E-state index contributed by atoms with van der Waals surface area (Å²) in [6, 6.07) is 8.76. The van der Waals surface area contributed by atoms with Gasteiger partial charge >= 0.3 is 0 Å². The Hall–Kier alpha value is -0.380. The zero-order valence-electron chi connectivity index (χ0n) is 10.7. The fraction of sp³-hybridized carbons (Fsp3) is 0.571. The van der Waals surface area contributed by atoms with E-state index in [4.69, 9.17) is 4.74 Å². The Bertz CT molecular complexity index is 317. The Morgan fingerprint density at radius 3 is 2.88 bits per heavy atom. The summed E-state index contributed by atoms with van der Waals surface area (Å²) in [6.45, 7) is 6.92. The maximum atomic E-state index is 5.51. The molecule has 0 heterocycles. The first-order valence-corrected chi connectivity index (χ1v) is 7.10. The molecule has 0 amide bonds. The highest BCUT2D eigenvalue weighted by Gasteiger charge is 2.04. The van der Waals surface area contributed by atoms with Crippen LogP contribution in [0, 0.1) is 0 Å². The molecule has 0 bridgehead atoms. The van der Waals surface area contributed by atoms with Gasteiger partial charge < -0.3 is 10.1 Å². The summed E-state index contributed by atoms with van der Waals surface area (Å²) in [5.74, 6) is 0. The minimum Gasteiger partial charge on any atom is -0.380 e. The first-order chi connectivity index (χ1) is 8.24. The molecule has 0 saturated carbocycles. The lowest BCUT2D eigenvalue weighted by Gasteiger charge is -2.14. The van der Waals surface area contributed by atoms with Crippen LogP contribution in [0.25, 0.3) is 0 Å². The fourth-order valence-corrected chi connectivity index (χ4v) is 2.01. The molecule has 0 radical (unpaired) electrons. The number of unbranched alkanes of at least 4 members (excludes halogenated alkanes) is 1. The van der Waals surface area contributed by atoms with Gasteiger partial charge in [0.1, 0.15) is 0 Å². The van der Waals surface area contributed by atoms with Gasteiger partial charge in [-0.1, -0.05) is 41.4 Å². The van der Waals surface area contributed by atoms with Crippen LogP contribution in [0.3, 0.4) is 0 Å². The molecule has 0 aliphatic rings. The van der Waals surface area contributed by atoms with E-state index in [1.807, 2.05) is 6.07 Å². The Morgan fingerprint density at radius 1 is 1.35 bits per heavy atom. The molecule has 1 aromatic rings. The summed E-state index contributed by atoms with van der Waals surface area (Å²) in [7, 11) is 0. The van der Waals surface area contributed by atoms with Crippen molar-refractivity contribution in [2.45, 2.75) is 32.7 Å². The molecular formula is C14H22BrNO. The maximum Gasteiger partial charge on any atom is 0.0591 e. The highest BCUT2D eigenvalue weighted by Crippen LogP contribution is 2.17. The molecule has 1 N–H and O–H groups in total. The highest BCUT2D eigenvalue weighted by molar-refractivity contribution is 9.10. The summed E-state index contributed by atoms with van der Waals surface area (Å²) in [5.41, 5.74) is 1.30. The molecule has 3 heteroatoms. The lowest BCUT2D eigenvalue weighted by molar-refractivity contribution is 0.131. The smallest absolute Gasteiger partial charge is 0.0591 e. The molecule has 0 aliphatic carbocycles. The molecular weight excluding hydrogens is 278 g/mol. The quantitative estimate of drug-likeness (QED) is 0.735. The van der Waals surface area contributed by atoms with Crippen LogP contribution in [-0.4, -0.2) is 19.8 Å². The number of hydrogen-bond acceptors (Lipinski definition) is 2. The Balaban J connectivity index is 2.19. The monoisotopic (exact) mass is 299 g/mol. The van der Waals surface area contributed by atoms with Crippen molar-refractivity contribution in [2.24, 2.45) is 0 Å². The normalized spacial score (nSPS) is 12.6. The molecule has 96 valence electrons. The Labute approximate surface area is 113 Å². The van der Waals surface area contributed by atoms with E-state index >= 15 is 0 Å². The van der Waals surface area contributed by atoms with Crippen molar-refractivity contribution < 1.29 is 4.74 Å². The van der Waals surface area contributed by atoms with Gasteiger partial charge in [-0.15, -0.1) is 0 Å². The van der Waals surface area contributed by atoms with E-state index in [0.717, 1.165) is 30.7 Å². The van der Waals surface area contributed by atoms with Gasteiger partial charge in [0, 0.05) is 23.7 Å². The van der Waals surface area contributed by atoms with Gasteiger partial charge in [-0.3, -0.25) is 0 Å². The van der Waals surface area contributed by atoms with Gasteiger partial charge in [-0.05, 0) is 31.0 Å². The van der Waals surface area contributed by atoms with E-state index in [0.29, 0.717) is 6.04 Å². The molecule has 0 aliphatic heterocycles. The van der Waals surface area contributed by atoms with E-state index in [-0.39, 0.29) is 0 Å². The van der Waals surface area contributed by atoms with Crippen LogP contribution in [0.1, 0.15) is 38.3 Å². The van der Waals surface area contributed by atoms with Gasteiger partial charge in [0.2, 0.25) is 0 Å². The van der Waals surface area contributed by atoms with E-state index in [2.05, 4.69) is 53.3 Å². The van der Waals surface area contributed by atoms with E-state index < -0.39 is 0 Å². The molecule has 0 aromatic heterocycles. The second-order valence-corrected chi connectivity index (χ2v) is 5.11. The Kier molecular flexibility index (Phi) is 7.49. The number of nitrogens with one attached hydrogen (secondary N) is 1. The number of halogens is 1. The first kappa shape index (κ1) is 14.7.